The molecular weight excluding hydrogens is 298 g/mol. The molecule has 0 amide bonds. The van der Waals surface area contributed by atoms with Crippen LogP contribution in [0, 0.1) is 0 Å². The van der Waals surface area contributed by atoms with E-state index in [1.165, 1.54) is 12.8 Å². The van der Waals surface area contributed by atoms with Gasteiger partial charge < -0.3 is 4.74 Å². The number of unbranched alkanes of at least 4 members (excludes halogenated alkanes) is 1. The maximum absolute atomic E-state index is 5.96. The largest absolute Gasteiger partial charge is 0.479 e. The third-order valence-electron chi connectivity index (χ3n) is 2.66. The second kappa shape index (κ2) is 8.77. The lowest BCUT2D eigenvalue weighted by Crippen LogP contribution is -2.15. The maximum Gasteiger partial charge on any atom is 0.211 e. The van der Waals surface area contributed by atoms with E-state index in [2.05, 4.69) is 18.8 Å². The van der Waals surface area contributed by atoms with Crippen molar-refractivity contribution >= 4 is 40.6 Å². The van der Waals surface area contributed by atoms with Crippen LogP contribution in [0.4, 0.5) is 0 Å². The summed E-state index contributed by atoms with van der Waals surface area (Å²) in [5, 5.41) is 0.890. The minimum absolute atomic E-state index is 0.0989. The minimum Gasteiger partial charge on any atom is -0.479 e. The van der Waals surface area contributed by atoms with E-state index < -0.39 is 0 Å². The maximum atomic E-state index is 5.96. The van der Waals surface area contributed by atoms with Gasteiger partial charge in [-0.15, -0.1) is 11.8 Å². The van der Waals surface area contributed by atoms with Gasteiger partial charge in [0.25, 0.3) is 0 Å². The fourth-order valence-corrected chi connectivity index (χ4v) is 2.96. The first-order chi connectivity index (χ1) is 9.08. The molecule has 2 nitrogen and oxygen atoms in total. The molecular formula is C14H20ClNOS2. The summed E-state index contributed by atoms with van der Waals surface area (Å²) < 4.78 is 5.68. The van der Waals surface area contributed by atoms with Gasteiger partial charge in [0.05, 0.1) is 6.10 Å². The summed E-state index contributed by atoms with van der Waals surface area (Å²) in [6.45, 7) is 6.24. The third kappa shape index (κ3) is 5.67. The number of nitrogens with zero attached hydrogens (tertiary/aromatic N) is 1. The van der Waals surface area contributed by atoms with Gasteiger partial charge in [0.2, 0.25) is 5.05 Å². The Morgan fingerprint density at radius 1 is 1.47 bits per heavy atom. The van der Waals surface area contributed by atoms with Crippen LogP contribution in [0.2, 0.25) is 5.15 Å². The quantitative estimate of drug-likeness (QED) is 0.301. The molecule has 5 heteroatoms. The number of thiocarbonyl (C=S) groups is 1. The van der Waals surface area contributed by atoms with Crippen LogP contribution in [0.15, 0.2) is 17.0 Å². The summed E-state index contributed by atoms with van der Waals surface area (Å²) in [6, 6.07) is 3.77. The molecule has 1 heterocycles. The number of hydrogen-bond donors (Lipinski definition) is 0. The predicted molar refractivity (Wildman–Crippen MR) is 87.4 cm³/mol. The minimum atomic E-state index is 0.0989. The molecule has 1 rings (SSSR count). The van der Waals surface area contributed by atoms with Crippen LogP contribution in [0.5, 0.6) is 0 Å². The molecule has 106 valence electrons. The number of rotatable bonds is 7. The topological polar surface area (TPSA) is 22.1 Å². The van der Waals surface area contributed by atoms with Gasteiger partial charge in [-0.05, 0) is 49.9 Å². The summed E-state index contributed by atoms with van der Waals surface area (Å²) in [4.78, 5) is 5.36. The number of halogens is 1. The Morgan fingerprint density at radius 2 is 2.21 bits per heavy atom. The molecule has 0 saturated carbocycles. The zero-order chi connectivity index (χ0) is 14.3. The highest BCUT2D eigenvalue weighted by atomic mass is 35.5. The first kappa shape index (κ1) is 16.7. The summed E-state index contributed by atoms with van der Waals surface area (Å²) >= 11 is 13.0. The lowest BCUT2D eigenvalue weighted by Gasteiger charge is -2.15. The average Bonchev–Trinajstić information content (AvgIpc) is 2.40. The van der Waals surface area contributed by atoms with Gasteiger partial charge in [0.15, 0.2) is 0 Å². The van der Waals surface area contributed by atoms with E-state index in [1.807, 2.05) is 13.0 Å². The molecule has 0 aliphatic carbocycles. The Hall–Kier alpha value is -0.320. The molecule has 0 radical (unpaired) electrons. The molecule has 19 heavy (non-hydrogen) atoms. The Balaban J connectivity index is 2.83. The Labute approximate surface area is 130 Å². The van der Waals surface area contributed by atoms with Crippen molar-refractivity contribution in [3.05, 3.63) is 23.0 Å². The monoisotopic (exact) mass is 317 g/mol. The molecule has 0 saturated heterocycles. The van der Waals surface area contributed by atoms with Crippen LogP contribution in [-0.2, 0) is 4.74 Å². The molecule has 0 bridgehead atoms. The van der Waals surface area contributed by atoms with E-state index in [0.717, 1.165) is 17.1 Å². The summed E-state index contributed by atoms with van der Waals surface area (Å²) in [5.41, 5.74) is 0.698. The standard InChI is InChI=1S/C14H20ClNOS2/c1-4-6-9-19-11-7-8-12(15)16-13(11)14(18)17-10(3)5-2/h7-8,10H,4-6,9H2,1-3H3. The second-order valence-corrected chi connectivity index (χ2v) is 6.20. The molecule has 0 aliphatic rings. The molecule has 0 aromatic carbocycles. The van der Waals surface area contributed by atoms with Crippen molar-refractivity contribution in [2.45, 2.75) is 51.0 Å². The highest BCUT2D eigenvalue weighted by Crippen LogP contribution is 2.25. The van der Waals surface area contributed by atoms with E-state index in [9.17, 15) is 0 Å². The van der Waals surface area contributed by atoms with Crippen LogP contribution in [0.1, 0.15) is 45.7 Å². The third-order valence-corrected chi connectivity index (χ3v) is 4.29. The molecule has 0 aliphatic heterocycles. The first-order valence-electron chi connectivity index (χ1n) is 6.58. The van der Waals surface area contributed by atoms with Crippen LogP contribution in [-0.4, -0.2) is 21.9 Å². The smallest absolute Gasteiger partial charge is 0.211 e. The first-order valence-corrected chi connectivity index (χ1v) is 8.36. The second-order valence-electron chi connectivity index (χ2n) is 4.31. The van der Waals surface area contributed by atoms with Crippen molar-refractivity contribution in [3.8, 4) is 0 Å². The zero-order valence-corrected chi connectivity index (χ0v) is 14.0. The molecule has 1 unspecified atom stereocenters. The molecule has 0 N–H and O–H groups in total. The zero-order valence-electron chi connectivity index (χ0n) is 11.6. The fraction of sp³-hybridized carbons (Fsp3) is 0.571. The van der Waals surface area contributed by atoms with E-state index in [-0.39, 0.29) is 6.10 Å². The Bertz CT molecular complexity index is 426. The Kier molecular flexibility index (Phi) is 7.73. The van der Waals surface area contributed by atoms with Gasteiger partial charge in [-0.3, -0.25) is 0 Å². The number of hydrogen-bond acceptors (Lipinski definition) is 4. The number of pyridine rings is 1. The lowest BCUT2D eigenvalue weighted by molar-refractivity contribution is 0.210. The number of thioether (sulfide) groups is 1. The van der Waals surface area contributed by atoms with Crippen LogP contribution >= 0.6 is 35.6 Å². The van der Waals surface area contributed by atoms with Gasteiger partial charge in [-0.1, -0.05) is 31.9 Å². The van der Waals surface area contributed by atoms with Gasteiger partial charge >= 0.3 is 0 Å². The van der Waals surface area contributed by atoms with E-state index >= 15 is 0 Å². The highest BCUT2D eigenvalue weighted by molar-refractivity contribution is 7.99. The van der Waals surface area contributed by atoms with Crippen molar-refractivity contribution in [2.24, 2.45) is 0 Å². The molecule has 0 spiro atoms. The van der Waals surface area contributed by atoms with Crippen molar-refractivity contribution in [1.29, 1.82) is 0 Å². The van der Waals surface area contributed by atoms with Crippen LogP contribution in [0.25, 0.3) is 0 Å². The fourth-order valence-electron chi connectivity index (χ4n) is 1.33. The molecule has 1 aromatic rings. The van der Waals surface area contributed by atoms with E-state index in [1.54, 1.807) is 17.8 Å². The average molecular weight is 318 g/mol. The van der Waals surface area contributed by atoms with Crippen LogP contribution < -0.4 is 0 Å². The summed E-state index contributed by atoms with van der Waals surface area (Å²) in [5.74, 6) is 1.05. The lowest BCUT2D eigenvalue weighted by atomic mass is 10.3. The molecule has 1 atom stereocenters. The van der Waals surface area contributed by atoms with Gasteiger partial charge in [0, 0.05) is 4.90 Å². The molecule has 1 aromatic heterocycles. The summed E-state index contributed by atoms with van der Waals surface area (Å²) in [6.07, 6.45) is 3.36. The van der Waals surface area contributed by atoms with Crippen molar-refractivity contribution in [1.82, 2.24) is 4.98 Å². The van der Waals surface area contributed by atoms with Crippen LogP contribution in [0.3, 0.4) is 0 Å². The normalized spacial score (nSPS) is 12.2. The highest BCUT2D eigenvalue weighted by Gasteiger charge is 2.14. The van der Waals surface area contributed by atoms with Crippen molar-refractivity contribution in [3.63, 3.8) is 0 Å². The van der Waals surface area contributed by atoms with Gasteiger partial charge in [0.1, 0.15) is 10.8 Å². The van der Waals surface area contributed by atoms with E-state index in [4.69, 9.17) is 28.6 Å². The van der Waals surface area contributed by atoms with Gasteiger partial charge in [-0.2, -0.15) is 0 Å². The molecule has 0 fully saturated rings. The van der Waals surface area contributed by atoms with E-state index in [0.29, 0.717) is 15.9 Å². The predicted octanol–water partition coefficient (Wildman–Crippen LogP) is 5.12. The summed E-state index contributed by atoms with van der Waals surface area (Å²) in [7, 11) is 0. The van der Waals surface area contributed by atoms with Gasteiger partial charge in [-0.25, -0.2) is 4.98 Å². The number of ether oxygens (including phenoxy) is 1. The van der Waals surface area contributed by atoms with Crippen molar-refractivity contribution in [2.75, 3.05) is 5.75 Å². The SMILES string of the molecule is CCCCSc1ccc(Cl)nc1C(=S)OC(C)CC. The number of aromatic nitrogens is 1. The Morgan fingerprint density at radius 3 is 2.84 bits per heavy atom. The van der Waals surface area contributed by atoms with Crippen molar-refractivity contribution < 1.29 is 4.74 Å².